The van der Waals surface area contributed by atoms with Crippen molar-refractivity contribution in [3.05, 3.63) is 0 Å². The minimum absolute atomic E-state index is 0.167. The molecule has 4 atom stereocenters. The van der Waals surface area contributed by atoms with Crippen LogP contribution < -0.4 is 0 Å². The zero-order valence-electron chi connectivity index (χ0n) is 8.55. The maximum Gasteiger partial charge on any atom is 0.0776 e. The van der Waals surface area contributed by atoms with Gasteiger partial charge in [-0.2, -0.15) is 0 Å². The molecule has 2 fully saturated rings. The Bertz CT molecular complexity index is 177. The van der Waals surface area contributed by atoms with Crippen molar-refractivity contribution in [2.75, 3.05) is 0 Å². The molecule has 0 aromatic heterocycles. The summed E-state index contributed by atoms with van der Waals surface area (Å²) in [5.74, 6) is 0.871. The molecule has 1 aliphatic carbocycles. The van der Waals surface area contributed by atoms with Crippen molar-refractivity contribution >= 4 is 22.6 Å². The zero-order valence-corrected chi connectivity index (χ0v) is 10.7. The van der Waals surface area contributed by atoms with E-state index in [0.717, 1.165) is 5.92 Å². The summed E-state index contributed by atoms with van der Waals surface area (Å²) < 4.78 is 6.84. The summed E-state index contributed by atoms with van der Waals surface area (Å²) in [6, 6.07) is 0. The second-order valence-electron chi connectivity index (χ2n) is 4.83. The van der Waals surface area contributed by atoms with Crippen molar-refractivity contribution < 1.29 is 4.74 Å². The number of rotatable bonds is 1. The average Bonchev–Trinajstić information content (AvgIpc) is 2.42. The highest BCUT2D eigenvalue weighted by Gasteiger charge is 2.45. The van der Waals surface area contributed by atoms with Crippen molar-refractivity contribution in [2.45, 2.75) is 61.6 Å². The molecule has 0 aromatic carbocycles. The number of fused-ring (bicyclic) bond motifs is 1. The number of alkyl halides is 1. The third-order valence-electron chi connectivity index (χ3n) is 3.77. The molecule has 0 aromatic rings. The van der Waals surface area contributed by atoms with E-state index in [-0.39, 0.29) is 5.60 Å². The Morgan fingerprint density at radius 3 is 2.69 bits per heavy atom. The van der Waals surface area contributed by atoms with Crippen LogP contribution in [-0.4, -0.2) is 15.6 Å². The predicted octanol–water partition coefficient (Wildman–Crippen LogP) is 3.55. The first-order chi connectivity index (χ1) is 6.12. The average molecular weight is 294 g/mol. The third kappa shape index (κ3) is 1.89. The van der Waals surface area contributed by atoms with Crippen LogP contribution in [0.5, 0.6) is 0 Å². The molecule has 0 spiro atoms. The lowest BCUT2D eigenvalue weighted by molar-refractivity contribution is -0.0375. The van der Waals surface area contributed by atoms with E-state index in [0.29, 0.717) is 10.0 Å². The second-order valence-corrected chi connectivity index (χ2v) is 6.70. The molecule has 1 saturated carbocycles. The summed E-state index contributed by atoms with van der Waals surface area (Å²) in [7, 11) is 0. The minimum Gasteiger partial charge on any atom is -0.371 e. The summed E-state index contributed by atoms with van der Waals surface area (Å²) in [6.45, 7) is 4.57. The van der Waals surface area contributed by atoms with E-state index in [2.05, 4.69) is 36.4 Å². The van der Waals surface area contributed by atoms with Crippen LogP contribution in [-0.2, 0) is 4.74 Å². The van der Waals surface area contributed by atoms with Gasteiger partial charge < -0.3 is 4.74 Å². The molecule has 0 N–H and O–H groups in total. The molecule has 2 rings (SSSR count). The Morgan fingerprint density at radius 1 is 1.38 bits per heavy atom. The van der Waals surface area contributed by atoms with E-state index in [1.54, 1.807) is 0 Å². The molecular weight excluding hydrogens is 275 g/mol. The van der Waals surface area contributed by atoms with Crippen molar-refractivity contribution in [2.24, 2.45) is 5.92 Å². The Labute approximate surface area is 94.8 Å². The van der Waals surface area contributed by atoms with Gasteiger partial charge in [0, 0.05) is 3.92 Å². The van der Waals surface area contributed by atoms with Gasteiger partial charge in [-0.1, -0.05) is 42.4 Å². The van der Waals surface area contributed by atoms with Crippen molar-refractivity contribution in [1.29, 1.82) is 0 Å². The Hall–Kier alpha value is 0.690. The Kier molecular flexibility index (Phi) is 2.90. The molecule has 0 unspecified atom stereocenters. The largest absolute Gasteiger partial charge is 0.371 e. The van der Waals surface area contributed by atoms with Gasteiger partial charge in [0.1, 0.15) is 0 Å². The first-order valence-corrected chi connectivity index (χ1v) is 6.68. The molecule has 76 valence electrons. The highest BCUT2D eigenvalue weighted by molar-refractivity contribution is 14.1. The van der Waals surface area contributed by atoms with Gasteiger partial charge in [-0.05, 0) is 32.1 Å². The topological polar surface area (TPSA) is 9.23 Å². The standard InChI is InChI=1S/C11H19IO/c1-8(12)11(2)7-9-5-3-4-6-10(9)13-11/h8-10H,3-7H2,1-2H3/t8-,9+,10-,11+/m1/s1. The van der Waals surface area contributed by atoms with Crippen LogP contribution in [0.25, 0.3) is 0 Å². The van der Waals surface area contributed by atoms with Gasteiger partial charge in [0.25, 0.3) is 0 Å². The van der Waals surface area contributed by atoms with Gasteiger partial charge >= 0.3 is 0 Å². The van der Waals surface area contributed by atoms with E-state index in [9.17, 15) is 0 Å². The second kappa shape index (κ2) is 3.69. The summed E-state index contributed by atoms with van der Waals surface area (Å²) in [6.07, 6.45) is 7.41. The highest BCUT2D eigenvalue weighted by Crippen LogP contribution is 2.45. The smallest absolute Gasteiger partial charge is 0.0776 e. The van der Waals surface area contributed by atoms with Crippen molar-refractivity contribution in [3.63, 3.8) is 0 Å². The van der Waals surface area contributed by atoms with E-state index in [1.165, 1.54) is 32.1 Å². The fraction of sp³-hybridized carbons (Fsp3) is 1.00. The maximum absolute atomic E-state index is 6.21. The SMILES string of the molecule is C[C@@H](I)[C@]1(C)C[C@@H]2CCCC[C@H]2O1. The van der Waals surface area contributed by atoms with Crippen LogP contribution in [0.15, 0.2) is 0 Å². The zero-order chi connectivity index (χ0) is 9.47. The number of ether oxygens (including phenoxy) is 1. The number of hydrogen-bond donors (Lipinski definition) is 0. The molecule has 2 aliphatic rings. The van der Waals surface area contributed by atoms with Gasteiger partial charge in [0.2, 0.25) is 0 Å². The molecule has 13 heavy (non-hydrogen) atoms. The summed E-state index contributed by atoms with van der Waals surface area (Å²) in [5.41, 5.74) is 0.167. The van der Waals surface area contributed by atoms with Gasteiger partial charge in [0.05, 0.1) is 11.7 Å². The Morgan fingerprint density at radius 2 is 2.08 bits per heavy atom. The van der Waals surface area contributed by atoms with Gasteiger partial charge in [-0.25, -0.2) is 0 Å². The van der Waals surface area contributed by atoms with E-state index < -0.39 is 0 Å². The van der Waals surface area contributed by atoms with Crippen LogP contribution >= 0.6 is 22.6 Å². The summed E-state index contributed by atoms with van der Waals surface area (Å²) >= 11 is 2.51. The van der Waals surface area contributed by atoms with Crippen LogP contribution in [0.4, 0.5) is 0 Å². The normalized spacial score (nSPS) is 47.3. The first-order valence-electron chi connectivity index (χ1n) is 5.44. The Balaban J connectivity index is 2.05. The van der Waals surface area contributed by atoms with Crippen molar-refractivity contribution in [1.82, 2.24) is 0 Å². The third-order valence-corrected chi connectivity index (χ3v) is 5.09. The minimum atomic E-state index is 0.167. The molecule has 1 aliphatic heterocycles. The molecule has 0 amide bonds. The van der Waals surface area contributed by atoms with E-state index in [4.69, 9.17) is 4.74 Å². The van der Waals surface area contributed by atoms with Gasteiger partial charge in [-0.15, -0.1) is 0 Å². The molecular formula is C11H19IO. The first kappa shape index (κ1) is 10.2. The molecule has 2 heteroatoms. The molecule has 1 saturated heterocycles. The van der Waals surface area contributed by atoms with E-state index >= 15 is 0 Å². The lowest BCUT2D eigenvalue weighted by Gasteiger charge is -2.28. The van der Waals surface area contributed by atoms with Gasteiger partial charge in [-0.3, -0.25) is 0 Å². The number of hydrogen-bond acceptors (Lipinski definition) is 1. The predicted molar refractivity (Wildman–Crippen MR) is 63.3 cm³/mol. The van der Waals surface area contributed by atoms with Crippen LogP contribution in [0, 0.1) is 5.92 Å². The quantitative estimate of drug-likeness (QED) is 0.531. The van der Waals surface area contributed by atoms with Crippen molar-refractivity contribution in [3.8, 4) is 0 Å². The molecule has 0 radical (unpaired) electrons. The lowest BCUT2D eigenvalue weighted by atomic mass is 9.83. The molecule has 1 heterocycles. The van der Waals surface area contributed by atoms with E-state index in [1.807, 2.05) is 0 Å². The fourth-order valence-electron chi connectivity index (χ4n) is 2.73. The van der Waals surface area contributed by atoms with Crippen LogP contribution in [0.2, 0.25) is 0 Å². The highest BCUT2D eigenvalue weighted by atomic mass is 127. The lowest BCUT2D eigenvalue weighted by Crippen LogP contribution is -2.33. The van der Waals surface area contributed by atoms with Gasteiger partial charge in [0.15, 0.2) is 0 Å². The van der Waals surface area contributed by atoms with Crippen LogP contribution in [0.1, 0.15) is 46.0 Å². The molecule has 0 bridgehead atoms. The maximum atomic E-state index is 6.21. The monoisotopic (exact) mass is 294 g/mol. The van der Waals surface area contributed by atoms with Crippen LogP contribution in [0.3, 0.4) is 0 Å². The molecule has 1 nitrogen and oxygen atoms in total. The summed E-state index contributed by atoms with van der Waals surface area (Å²) in [5, 5.41) is 0. The summed E-state index contributed by atoms with van der Waals surface area (Å²) in [4.78, 5) is 0. The number of halogens is 1. The fourth-order valence-corrected chi connectivity index (χ4v) is 3.13.